The molecule has 5 nitrogen and oxygen atoms in total. The standard InChI is InChI=1S/C23H25FN4O/c1-16-12-22(17(2)28(16)21-4-3-10-25-14-21)23(29)26-13-18-9-11-27(15-18)20-7-5-19(24)6-8-20/h3-8,10,12,14,18H,9,11,13,15H2,1-2H3,(H,26,29). The Bertz CT molecular complexity index is 998. The molecule has 1 aliphatic heterocycles. The van der Waals surface area contributed by atoms with Gasteiger partial charge in [0.05, 0.1) is 17.4 Å². The lowest BCUT2D eigenvalue weighted by Gasteiger charge is -2.19. The number of nitrogens with one attached hydrogen (secondary N) is 1. The van der Waals surface area contributed by atoms with Crippen LogP contribution in [-0.4, -0.2) is 35.1 Å². The normalized spacial score (nSPS) is 16.2. The molecule has 1 unspecified atom stereocenters. The van der Waals surface area contributed by atoms with Gasteiger partial charge in [-0.05, 0) is 68.7 Å². The third-order valence-corrected chi connectivity index (χ3v) is 5.61. The third kappa shape index (κ3) is 4.01. The second kappa shape index (κ2) is 8.07. The summed E-state index contributed by atoms with van der Waals surface area (Å²) in [5.41, 5.74) is 4.59. The number of hydrogen-bond acceptors (Lipinski definition) is 3. The van der Waals surface area contributed by atoms with Gasteiger partial charge in [-0.2, -0.15) is 0 Å². The number of aryl methyl sites for hydroxylation is 1. The SMILES string of the molecule is Cc1cc(C(=O)NCC2CCN(c3ccc(F)cc3)C2)c(C)n1-c1cccnc1. The van der Waals surface area contributed by atoms with Gasteiger partial charge in [-0.1, -0.05) is 0 Å². The van der Waals surface area contributed by atoms with E-state index < -0.39 is 0 Å². The first-order valence-electron chi connectivity index (χ1n) is 9.91. The number of hydrogen-bond donors (Lipinski definition) is 1. The largest absolute Gasteiger partial charge is 0.371 e. The van der Waals surface area contributed by atoms with Crippen LogP contribution >= 0.6 is 0 Å². The molecule has 1 aliphatic rings. The van der Waals surface area contributed by atoms with E-state index in [0.717, 1.165) is 42.3 Å². The molecule has 29 heavy (non-hydrogen) atoms. The molecule has 0 spiro atoms. The average Bonchev–Trinajstić information content (AvgIpc) is 3.32. The van der Waals surface area contributed by atoms with Gasteiger partial charge >= 0.3 is 0 Å². The molecule has 1 saturated heterocycles. The zero-order valence-corrected chi connectivity index (χ0v) is 16.7. The van der Waals surface area contributed by atoms with Gasteiger partial charge in [-0.3, -0.25) is 9.78 Å². The van der Waals surface area contributed by atoms with Crippen LogP contribution in [0.2, 0.25) is 0 Å². The summed E-state index contributed by atoms with van der Waals surface area (Å²) in [6.07, 6.45) is 4.54. The molecule has 2 aromatic heterocycles. The highest BCUT2D eigenvalue weighted by atomic mass is 19.1. The van der Waals surface area contributed by atoms with E-state index in [4.69, 9.17) is 0 Å². The molecular weight excluding hydrogens is 367 g/mol. The summed E-state index contributed by atoms with van der Waals surface area (Å²) < 4.78 is 15.2. The molecule has 1 fully saturated rings. The quantitative estimate of drug-likeness (QED) is 0.717. The molecule has 0 aliphatic carbocycles. The number of pyridine rings is 1. The Morgan fingerprint density at radius 3 is 2.72 bits per heavy atom. The lowest BCUT2D eigenvalue weighted by atomic mass is 10.1. The Balaban J connectivity index is 1.39. The molecule has 4 rings (SSSR count). The Morgan fingerprint density at radius 2 is 2.00 bits per heavy atom. The van der Waals surface area contributed by atoms with Crippen LogP contribution in [0.1, 0.15) is 28.2 Å². The smallest absolute Gasteiger partial charge is 0.253 e. The fourth-order valence-electron chi connectivity index (χ4n) is 4.09. The van der Waals surface area contributed by atoms with Gasteiger partial charge < -0.3 is 14.8 Å². The lowest BCUT2D eigenvalue weighted by molar-refractivity contribution is 0.0947. The first-order chi connectivity index (χ1) is 14.0. The third-order valence-electron chi connectivity index (χ3n) is 5.61. The van der Waals surface area contributed by atoms with Crippen molar-refractivity contribution < 1.29 is 9.18 Å². The van der Waals surface area contributed by atoms with Crippen LogP contribution in [0.5, 0.6) is 0 Å². The maximum absolute atomic E-state index is 13.1. The molecule has 3 heterocycles. The molecular formula is C23H25FN4O. The van der Waals surface area contributed by atoms with E-state index in [1.807, 2.05) is 48.7 Å². The lowest BCUT2D eigenvalue weighted by Crippen LogP contribution is -2.31. The second-order valence-corrected chi connectivity index (χ2v) is 7.62. The van der Waals surface area contributed by atoms with Crippen molar-refractivity contribution in [1.29, 1.82) is 0 Å². The van der Waals surface area contributed by atoms with Crippen molar-refractivity contribution in [3.63, 3.8) is 0 Å². The van der Waals surface area contributed by atoms with Gasteiger partial charge in [0.25, 0.3) is 5.91 Å². The van der Waals surface area contributed by atoms with Gasteiger partial charge in [-0.25, -0.2) is 4.39 Å². The number of aromatic nitrogens is 2. The van der Waals surface area contributed by atoms with Crippen molar-refractivity contribution >= 4 is 11.6 Å². The maximum Gasteiger partial charge on any atom is 0.253 e. The fourth-order valence-corrected chi connectivity index (χ4v) is 4.09. The van der Waals surface area contributed by atoms with E-state index in [1.165, 1.54) is 12.1 Å². The molecule has 1 atom stereocenters. The van der Waals surface area contributed by atoms with Crippen molar-refractivity contribution in [2.75, 3.05) is 24.5 Å². The van der Waals surface area contributed by atoms with Gasteiger partial charge in [0, 0.05) is 42.9 Å². The Kier molecular flexibility index (Phi) is 5.34. The second-order valence-electron chi connectivity index (χ2n) is 7.62. The first-order valence-corrected chi connectivity index (χ1v) is 9.91. The summed E-state index contributed by atoms with van der Waals surface area (Å²) in [6, 6.07) is 12.4. The molecule has 150 valence electrons. The molecule has 0 bridgehead atoms. The monoisotopic (exact) mass is 392 g/mol. The number of carbonyl (C=O) groups excluding carboxylic acids is 1. The minimum atomic E-state index is -0.222. The van der Waals surface area contributed by atoms with Crippen LogP contribution in [0.25, 0.3) is 5.69 Å². The van der Waals surface area contributed by atoms with E-state index in [0.29, 0.717) is 18.0 Å². The molecule has 0 saturated carbocycles. The highest BCUT2D eigenvalue weighted by Gasteiger charge is 2.24. The number of rotatable bonds is 5. The van der Waals surface area contributed by atoms with Crippen LogP contribution in [-0.2, 0) is 0 Å². The molecule has 3 aromatic rings. The Hall–Kier alpha value is -3.15. The van der Waals surface area contributed by atoms with Crippen molar-refractivity contribution in [3.8, 4) is 5.69 Å². The minimum absolute atomic E-state index is 0.0477. The molecule has 1 amide bonds. The van der Waals surface area contributed by atoms with Crippen molar-refractivity contribution in [2.24, 2.45) is 5.92 Å². The first kappa shape index (κ1) is 19.2. The summed E-state index contributed by atoms with van der Waals surface area (Å²) in [5, 5.41) is 3.10. The number of benzene rings is 1. The van der Waals surface area contributed by atoms with Crippen LogP contribution in [0.4, 0.5) is 10.1 Å². The fraction of sp³-hybridized carbons (Fsp3) is 0.304. The summed E-state index contributed by atoms with van der Waals surface area (Å²) in [7, 11) is 0. The average molecular weight is 392 g/mol. The number of anilines is 1. The molecule has 1 aromatic carbocycles. The Morgan fingerprint density at radius 1 is 1.21 bits per heavy atom. The van der Waals surface area contributed by atoms with Gasteiger partial charge in [-0.15, -0.1) is 0 Å². The number of amides is 1. The number of nitrogens with zero attached hydrogens (tertiary/aromatic N) is 3. The Labute approximate surface area is 170 Å². The molecule has 1 N–H and O–H groups in total. The van der Waals surface area contributed by atoms with Crippen LogP contribution in [0, 0.1) is 25.6 Å². The number of halogens is 1. The zero-order chi connectivity index (χ0) is 20.4. The molecule has 6 heteroatoms. The number of carbonyl (C=O) groups is 1. The van der Waals surface area contributed by atoms with Crippen LogP contribution in [0.3, 0.4) is 0 Å². The van der Waals surface area contributed by atoms with Crippen LogP contribution in [0.15, 0.2) is 54.9 Å². The summed E-state index contributed by atoms with van der Waals surface area (Å²) >= 11 is 0. The minimum Gasteiger partial charge on any atom is -0.371 e. The van der Waals surface area contributed by atoms with Crippen LogP contribution < -0.4 is 10.2 Å². The van der Waals surface area contributed by atoms with E-state index in [1.54, 1.807) is 12.4 Å². The zero-order valence-electron chi connectivity index (χ0n) is 16.7. The topological polar surface area (TPSA) is 50.2 Å². The van der Waals surface area contributed by atoms with Crippen molar-refractivity contribution in [2.45, 2.75) is 20.3 Å². The van der Waals surface area contributed by atoms with Crippen molar-refractivity contribution in [3.05, 3.63) is 77.6 Å². The molecule has 0 radical (unpaired) electrons. The summed E-state index contributed by atoms with van der Waals surface area (Å²) in [5.74, 6) is 0.111. The predicted octanol–water partition coefficient (Wildman–Crippen LogP) is 3.88. The van der Waals surface area contributed by atoms with E-state index >= 15 is 0 Å². The van der Waals surface area contributed by atoms with Gasteiger partial charge in [0.15, 0.2) is 0 Å². The van der Waals surface area contributed by atoms with Crippen molar-refractivity contribution in [1.82, 2.24) is 14.9 Å². The van der Waals surface area contributed by atoms with E-state index in [2.05, 4.69) is 15.2 Å². The highest BCUT2D eigenvalue weighted by molar-refractivity contribution is 5.95. The van der Waals surface area contributed by atoms with E-state index in [-0.39, 0.29) is 11.7 Å². The summed E-state index contributed by atoms with van der Waals surface area (Å²) in [4.78, 5) is 19.2. The van der Waals surface area contributed by atoms with E-state index in [9.17, 15) is 9.18 Å². The maximum atomic E-state index is 13.1. The predicted molar refractivity (Wildman–Crippen MR) is 112 cm³/mol. The van der Waals surface area contributed by atoms with Gasteiger partial charge in [0.1, 0.15) is 5.82 Å². The summed E-state index contributed by atoms with van der Waals surface area (Å²) in [6.45, 7) is 6.37. The highest BCUT2D eigenvalue weighted by Crippen LogP contribution is 2.24. The van der Waals surface area contributed by atoms with Gasteiger partial charge in [0.2, 0.25) is 0 Å².